The Bertz CT molecular complexity index is 1710. The second-order valence-corrected chi connectivity index (χ2v) is 11.6. The molecule has 0 unspecified atom stereocenters. The van der Waals surface area contributed by atoms with Crippen LogP contribution in [0.25, 0.3) is 33.3 Å². The van der Waals surface area contributed by atoms with Gasteiger partial charge in [0.2, 0.25) is 0 Å². The van der Waals surface area contributed by atoms with Gasteiger partial charge in [-0.3, -0.25) is 4.98 Å². The maximum Gasteiger partial charge on any atom is 0.354 e. The third kappa shape index (κ3) is 6.17. The predicted octanol–water partition coefficient (Wildman–Crippen LogP) is 8.60. The van der Waals surface area contributed by atoms with E-state index in [1.54, 1.807) is 12.1 Å². The van der Waals surface area contributed by atoms with E-state index in [2.05, 4.69) is 107 Å². The van der Waals surface area contributed by atoms with Gasteiger partial charge >= 0.3 is 5.97 Å². The fourth-order valence-corrected chi connectivity index (χ4v) is 5.76. The Labute approximate surface area is 256 Å². The number of aromatic carboxylic acids is 1. The van der Waals surface area contributed by atoms with Gasteiger partial charge in [-0.25, -0.2) is 9.78 Å². The van der Waals surface area contributed by atoms with Crippen molar-refractivity contribution < 1.29 is 30.0 Å². The van der Waals surface area contributed by atoms with E-state index in [0.29, 0.717) is 5.92 Å². The van der Waals surface area contributed by atoms with Crippen LogP contribution in [-0.2, 0) is 31.9 Å². The Hall–Kier alpha value is -3.66. The Balaban J connectivity index is 0.000000333. The van der Waals surface area contributed by atoms with Gasteiger partial charge in [0.15, 0.2) is 0 Å². The minimum absolute atomic E-state index is 0. The van der Waals surface area contributed by atoms with Crippen molar-refractivity contribution in [3.63, 3.8) is 0 Å². The Morgan fingerprint density at radius 1 is 0.927 bits per heavy atom. The maximum absolute atomic E-state index is 10.1. The van der Waals surface area contributed by atoms with Crippen molar-refractivity contribution in [3.8, 4) is 22.4 Å². The van der Waals surface area contributed by atoms with Crippen molar-refractivity contribution in [2.75, 3.05) is 0 Å². The van der Waals surface area contributed by atoms with E-state index in [-0.39, 0.29) is 31.2 Å². The SMILES string of the molecule is Cc1[c-]c(-c2cc(CC(C)C)c3cc4c(cc3n2)C(C)(C)c2ccccc2-4)cc(C)c1.O=C(O)c1ccccn1.[Ir]. The molecule has 41 heavy (non-hydrogen) atoms. The van der Waals surface area contributed by atoms with Gasteiger partial charge in [0.05, 0.1) is 5.52 Å². The van der Waals surface area contributed by atoms with E-state index in [0.717, 1.165) is 28.8 Å². The number of rotatable bonds is 4. The van der Waals surface area contributed by atoms with Gasteiger partial charge in [-0.05, 0) is 70.1 Å². The van der Waals surface area contributed by atoms with Crippen molar-refractivity contribution in [3.05, 3.63) is 119 Å². The van der Waals surface area contributed by atoms with Crippen LogP contribution in [0.5, 0.6) is 0 Å². The molecule has 1 N–H and O–H groups in total. The summed E-state index contributed by atoms with van der Waals surface area (Å²) in [6.07, 6.45) is 2.49. The van der Waals surface area contributed by atoms with Crippen LogP contribution in [0.3, 0.4) is 0 Å². The van der Waals surface area contributed by atoms with E-state index >= 15 is 0 Å². The molecule has 5 aromatic rings. The summed E-state index contributed by atoms with van der Waals surface area (Å²) in [5, 5.41) is 9.61. The molecule has 1 aliphatic carbocycles. The molecule has 211 valence electrons. The van der Waals surface area contributed by atoms with Gasteiger partial charge in [-0.1, -0.05) is 77.9 Å². The second-order valence-electron chi connectivity index (χ2n) is 11.6. The number of carboxylic acids is 1. The van der Waals surface area contributed by atoms with Crippen molar-refractivity contribution in [2.45, 2.75) is 53.4 Å². The molecule has 6 rings (SSSR count). The van der Waals surface area contributed by atoms with Crippen LogP contribution in [0.2, 0.25) is 0 Å². The van der Waals surface area contributed by atoms with Crippen LogP contribution in [0.1, 0.15) is 66.0 Å². The van der Waals surface area contributed by atoms with Gasteiger partial charge in [-0.15, -0.1) is 34.9 Å². The molecule has 2 heterocycles. The fraction of sp³-hybridized carbons (Fsp3) is 0.250. The standard InChI is InChI=1S/C30H30N.C6H5NO2.Ir/c1-18(2)11-21-15-28(22-13-19(3)12-20(4)14-22)31-29-17-27-25(16-24(21)29)23-9-7-8-10-26(23)30(27,5)6;8-6(9)5-3-1-2-4-7-5;/h7-10,12-13,15-18H,11H2,1-6H3;1-4H,(H,8,9);/q-1;;. The number of carbonyl (C=O) groups is 1. The quantitative estimate of drug-likeness (QED) is 0.189. The van der Waals surface area contributed by atoms with Crippen LogP contribution in [-0.4, -0.2) is 21.0 Å². The first-order chi connectivity index (χ1) is 19.0. The normalized spacial score (nSPS) is 12.7. The van der Waals surface area contributed by atoms with Gasteiger partial charge in [0.25, 0.3) is 0 Å². The molecular weight excluding hydrogens is 685 g/mol. The summed E-state index contributed by atoms with van der Waals surface area (Å²) < 4.78 is 0. The number of aryl methyl sites for hydroxylation is 2. The average Bonchev–Trinajstić information content (AvgIpc) is 3.14. The summed E-state index contributed by atoms with van der Waals surface area (Å²) in [6.45, 7) is 13.5. The van der Waals surface area contributed by atoms with Crippen molar-refractivity contribution in [2.24, 2.45) is 5.92 Å². The number of benzene rings is 3. The summed E-state index contributed by atoms with van der Waals surface area (Å²) >= 11 is 0. The molecule has 0 spiro atoms. The maximum atomic E-state index is 10.1. The van der Waals surface area contributed by atoms with Crippen molar-refractivity contribution in [1.82, 2.24) is 9.97 Å². The molecule has 2 aromatic heterocycles. The van der Waals surface area contributed by atoms with E-state index in [1.807, 2.05) is 0 Å². The molecule has 0 saturated carbocycles. The van der Waals surface area contributed by atoms with Crippen LogP contribution in [0, 0.1) is 25.8 Å². The number of nitrogens with zero attached hydrogens (tertiary/aromatic N) is 2. The number of pyridine rings is 2. The van der Waals surface area contributed by atoms with Crippen LogP contribution in [0.15, 0.2) is 79.0 Å². The van der Waals surface area contributed by atoms with Crippen LogP contribution in [0.4, 0.5) is 0 Å². The molecule has 0 amide bonds. The zero-order chi connectivity index (χ0) is 28.6. The minimum atomic E-state index is -0.990. The first-order valence-corrected chi connectivity index (χ1v) is 13.8. The first kappa shape index (κ1) is 30.3. The number of hydrogen-bond donors (Lipinski definition) is 1. The molecule has 1 aliphatic rings. The summed E-state index contributed by atoms with van der Waals surface area (Å²) in [6, 6.07) is 28.6. The first-order valence-electron chi connectivity index (χ1n) is 13.8. The van der Waals surface area contributed by atoms with E-state index in [9.17, 15) is 4.79 Å². The van der Waals surface area contributed by atoms with Gasteiger partial charge < -0.3 is 5.11 Å². The monoisotopic (exact) mass is 720 g/mol. The second kappa shape index (κ2) is 12.1. The summed E-state index contributed by atoms with van der Waals surface area (Å²) in [7, 11) is 0. The smallest absolute Gasteiger partial charge is 0.354 e. The molecule has 0 aliphatic heterocycles. The fourth-order valence-electron chi connectivity index (χ4n) is 5.76. The summed E-state index contributed by atoms with van der Waals surface area (Å²) in [5.41, 5.74) is 12.6. The van der Waals surface area contributed by atoms with Gasteiger partial charge in [-0.2, -0.15) is 0 Å². The molecule has 0 fully saturated rings. The molecule has 1 radical (unpaired) electrons. The largest absolute Gasteiger partial charge is 0.477 e. The molecule has 3 aromatic carbocycles. The molecule has 5 heteroatoms. The molecule has 0 bridgehead atoms. The Morgan fingerprint density at radius 2 is 1.66 bits per heavy atom. The third-order valence-electron chi connectivity index (χ3n) is 7.53. The third-order valence-corrected chi connectivity index (χ3v) is 7.53. The van der Waals surface area contributed by atoms with E-state index in [4.69, 9.17) is 10.1 Å². The topological polar surface area (TPSA) is 63.1 Å². The molecular formula is C36H35IrN2O2-. The predicted molar refractivity (Wildman–Crippen MR) is 163 cm³/mol. The molecule has 0 saturated heterocycles. The number of aromatic nitrogens is 2. The van der Waals surface area contributed by atoms with Crippen molar-refractivity contribution in [1.29, 1.82) is 0 Å². The number of hydrogen-bond acceptors (Lipinski definition) is 3. The van der Waals surface area contributed by atoms with E-state index in [1.165, 1.54) is 51.0 Å². The van der Waals surface area contributed by atoms with Gasteiger partial charge in [0.1, 0.15) is 5.69 Å². The zero-order valence-electron chi connectivity index (χ0n) is 24.4. The van der Waals surface area contributed by atoms with Crippen LogP contribution < -0.4 is 0 Å². The summed E-state index contributed by atoms with van der Waals surface area (Å²) in [5.74, 6) is -0.408. The van der Waals surface area contributed by atoms with E-state index < -0.39 is 5.97 Å². The summed E-state index contributed by atoms with van der Waals surface area (Å²) in [4.78, 5) is 18.9. The van der Waals surface area contributed by atoms with Gasteiger partial charge in [0, 0.05) is 37.1 Å². The minimum Gasteiger partial charge on any atom is -0.477 e. The average molecular weight is 720 g/mol. The Kier molecular flexibility index (Phi) is 8.91. The number of fused-ring (bicyclic) bond motifs is 4. The van der Waals surface area contributed by atoms with Crippen molar-refractivity contribution >= 4 is 16.9 Å². The molecule has 0 atom stereocenters. The number of carboxylic acid groups (broad SMARTS) is 1. The molecule has 4 nitrogen and oxygen atoms in total. The van der Waals surface area contributed by atoms with Crippen LogP contribution >= 0.6 is 0 Å². The Morgan fingerprint density at radius 3 is 2.29 bits per heavy atom. The zero-order valence-corrected chi connectivity index (χ0v) is 26.8.